The second-order valence-corrected chi connectivity index (χ2v) is 4.53. The van der Waals surface area contributed by atoms with Gasteiger partial charge in [-0.15, -0.1) is 0 Å². The van der Waals surface area contributed by atoms with Gasteiger partial charge in [-0.2, -0.15) is 4.98 Å². The highest BCUT2D eigenvalue weighted by Crippen LogP contribution is 2.27. The predicted molar refractivity (Wildman–Crippen MR) is 74.1 cm³/mol. The van der Waals surface area contributed by atoms with Gasteiger partial charge in [0.1, 0.15) is 10.8 Å². The molecule has 0 N–H and O–H groups in total. The van der Waals surface area contributed by atoms with Gasteiger partial charge in [0.05, 0.1) is 12.8 Å². The summed E-state index contributed by atoms with van der Waals surface area (Å²) in [5.41, 5.74) is 1.17. The van der Waals surface area contributed by atoms with Crippen LogP contribution in [0.1, 0.15) is 5.56 Å². The van der Waals surface area contributed by atoms with Crippen molar-refractivity contribution >= 4 is 23.2 Å². The number of rotatable bonds is 5. The summed E-state index contributed by atoms with van der Waals surface area (Å²) >= 11 is 11.6. The van der Waals surface area contributed by atoms with Gasteiger partial charge >= 0.3 is 0 Å². The van der Waals surface area contributed by atoms with Crippen LogP contribution in [0.5, 0.6) is 11.6 Å². The van der Waals surface area contributed by atoms with Gasteiger partial charge in [-0.05, 0) is 35.7 Å². The largest absolute Gasteiger partial charge is 0.437 e. The van der Waals surface area contributed by atoms with E-state index in [1.807, 2.05) is 24.3 Å². The molecule has 0 saturated carbocycles. The molecule has 0 bridgehead atoms. The standard InChI is InChI=1S/C13H12Cl2N2O2/c1-18-7-6-9-2-4-10(5-3-9)19-12-11(14)8-16-13(15)17-12/h2-5,8H,6-7H2,1H3. The van der Waals surface area contributed by atoms with Crippen molar-refractivity contribution in [3.63, 3.8) is 0 Å². The van der Waals surface area contributed by atoms with Crippen molar-refractivity contribution in [3.8, 4) is 11.6 Å². The molecule has 6 heteroatoms. The minimum absolute atomic E-state index is 0.0936. The Morgan fingerprint density at radius 1 is 1.16 bits per heavy atom. The molecule has 4 nitrogen and oxygen atoms in total. The molecular weight excluding hydrogens is 287 g/mol. The van der Waals surface area contributed by atoms with Crippen LogP contribution in [0.15, 0.2) is 30.5 Å². The lowest BCUT2D eigenvalue weighted by atomic mass is 10.1. The van der Waals surface area contributed by atoms with E-state index in [9.17, 15) is 0 Å². The quantitative estimate of drug-likeness (QED) is 0.788. The Morgan fingerprint density at radius 3 is 2.58 bits per heavy atom. The summed E-state index contributed by atoms with van der Waals surface area (Å²) in [5.74, 6) is 0.879. The molecule has 1 aromatic carbocycles. The fourth-order valence-electron chi connectivity index (χ4n) is 1.46. The third-order valence-electron chi connectivity index (χ3n) is 2.42. The van der Waals surface area contributed by atoms with E-state index in [0.29, 0.717) is 17.4 Å². The molecule has 2 aromatic rings. The van der Waals surface area contributed by atoms with Crippen LogP contribution in [0.2, 0.25) is 10.3 Å². The van der Waals surface area contributed by atoms with Crippen molar-refractivity contribution in [2.45, 2.75) is 6.42 Å². The van der Waals surface area contributed by atoms with E-state index in [0.717, 1.165) is 6.42 Å². The maximum Gasteiger partial charge on any atom is 0.242 e. The van der Waals surface area contributed by atoms with Gasteiger partial charge in [-0.25, -0.2) is 4.98 Å². The fraction of sp³-hybridized carbons (Fsp3) is 0.231. The fourth-order valence-corrected chi connectivity index (χ4v) is 1.71. The summed E-state index contributed by atoms with van der Waals surface area (Å²) in [6.45, 7) is 0.688. The Bertz CT molecular complexity index is 547. The zero-order valence-electron chi connectivity index (χ0n) is 10.3. The Balaban J connectivity index is 2.08. The third-order valence-corrected chi connectivity index (χ3v) is 2.86. The molecule has 0 spiro atoms. The van der Waals surface area contributed by atoms with Crippen LogP contribution in [-0.2, 0) is 11.2 Å². The van der Waals surface area contributed by atoms with E-state index in [4.69, 9.17) is 32.7 Å². The second kappa shape index (κ2) is 6.70. The maximum atomic E-state index is 5.92. The molecule has 19 heavy (non-hydrogen) atoms. The van der Waals surface area contributed by atoms with E-state index in [2.05, 4.69) is 9.97 Å². The predicted octanol–water partition coefficient (Wildman–Crippen LogP) is 3.76. The van der Waals surface area contributed by atoms with Gasteiger partial charge in [0.2, 0.25) is 11.2 Å². The lowest BCUT2D eigenvalue weighted by Crippen LogP contribution is -1.95. The van der Waals surface area contributed by atoms with Gasteiger partial charge in [0.15, 0.2) is 0 Å². The first-order valence-electron chi connectivity index (χ1n) is 5.63. The van der Waals surface area contributed by atoms with Gasteiger partial charge in [-0.1, -0.05) is 23.7 Å². The minimum Gasteiger partial charge on any atom is -0.437 e. The molecule has 0 atom stereocenters. The molecule has 0 radical (unpaired) electrons. The van der Waals surface area contributed by atoms with E-state index in [1.165, 1.54) is 11.8 Å². The van der Waals surface area contributed by atoms with Gasteiger partial charge < -0.3 is 9.47 Å². The summed E-state index contributed by atoms with van der Waals surface area (Å²) in [5, 5.41) is 0.406. The Kier molecular flexibility index (Phi) is 4.96. The zero-order chi connectivity index (χ0) is 13.7. The molecule has 0 amide bonds. The van der Waals surface area contributed by atoms with Crippen molar-refractivity contribution in [1.82, 2.24) is 9.97 Å². The normalized spacial score (nSPS) is 10.5. The monoisotopic (exact) mass is 298 g/mol. The molecule has 0 unspecified atom stereocenters. The number of halogens is 2. The Morgan fingerprint density at radius 2 is 1.89 bits per heavy atom. The maximum absolute atomic E-state index is 5.92. The lowest BCUT2D eigenvalue weighted by molar-refractivity contribution is 0.202. The molecule has 0 aliphatic heterocycles. The average Bonchev–Trinajstić information content (AvgIpc) is 2.42. The number of hydrogen-bond donors (Lipinski definition) is 0. The van der Waals surface area contributed by atoms with Gasteiger partial charge in [-0.3, -0.25) is 0 Å². The number of hydrogen-bond acceptors (Lipinski definition) is 4. The molecular formula is C13H12Cl2N2O2. The SMILES string of the molecule is COCCc1ccc(Oc2nc(Cl)ncc2Cl)cc1. The van der Waals surface area contributed by atoms with E-state index < -0.39 is 0 Å². The van der Waals surface area contributed by atoms with Crippen LogP contribution in [0.25, 0.3) is 0 Å². The van der Waals surface area contributed by atoms with Crippen LogP contribution < -0.4 is 4.74 Å². The molecule has 2 rings (SSSR count). The average molecular weight is 299 g/mol. The van der Waals surface area contributed by atoms with E-state index in [-0.39, 0.29) is 11.2 Å². The number of methoxy groups -OCH3 is 1. The first kappa shape index (κ1) is 14.1. The van der Waals surface area contributed by atoms with Crippen LogP contribution in [0.3, 0.4) is 0 Å². The highest BCUT2D eigenvalue weighted by atomic mass is 35.5. The third kappa shape index (κ3) is 4.06. The van der Waals surface area contributed by atoms with Crippen molar-refractivity contribution in [3.05, 3.63) is 46.3 Å². The molecule has 0 aliphatic rings. The minimum atomic E-state index is 0.0936. The van der Waals surface area contributed by atoms with Crippen molar-refractivity contribution in [1.29, 1.82) is 0 Å². The highest BCUT2D eigenvalue weighted by molar-refractivity contribution is 6.32. The first-order valence-corrected chi connectivity index (χ1v) is 6.38. The van der Waals surface area contributed by atoms with Gasteiger partial charge in [0.25, 0.3) is 0 Å². The van der Waals surface area contributed by atoms with Crippen molar-refractivity contribution < 1.29 is 9.47 Å². The molecule has 1 heterocycles. The number of aromatic nitrogens is 2. The number of nitrogens with zero attached hydrogens (tertiary/aromatic N) is 2. The molecule has 0 saturated heterocycles. The summed E-state index contributed by atoms with van der Waals surface area (Å²) in [7, 11) is 1.68. The van der Waals surface area contributed by atoms with Crippen LogP contribution in [0.4, 0.5) is 0 Å². The summed E-state index contributed by atoms with van der Waals surface area (Å²) in [6.07, 6.45) is 2.26. The van der Waals surface area contributed by atoms with Crippen molar-refractivity contribution in [2.24, 2.45) is 0 Å². The smallest absolute Gasteiger partial charge is 0.242 e. The van der Waals surface area contributed by atoms with E-state index >= 15 is 0 Å². The zero-order valence-corrected chi connectivity index (χ0v) is 11.8. The lowest BCUT2D eigenvalue weighted by Gasteiger charge is -2.07. The Labute approximate surface area is 121 Å². The molecule has 1 aromatic heterocycles. The molecule has 0 aliphatic carbocycles. The number of benzene rings is 1. The Hall–Kier alpha value is -1.36. The summed E-state index contributed by atoms with van der Waals surface area (Å²) in [4.78, 5) is 7.68. The molecule has 0 fully saturated rings. The van der Waals surface area contributed by atoms with Crippen molar-refractivity contribution in [2.75, 3.05) is 13.7 Å². The number of ether oxygens (including phenoxy) is 2. The molecule has 100 valence electrons. The van der Waals surface area contributed by atoms with E-state index in [1.54, 1.807) is 7.11 Å². The highest BCUT2D eigenvalue weighted by Gasteiger charge is 2.07. The van der Waals surface area contributed by atoms with Gasteiger partial charge in [0, 0.05) is 7.11 Å². The van der Waals surface area contributed by atoms with Crippen LogP contribution >= 0.6 is 23.2 Å². The topological polar surface area (TPSA) is 44.2 Å². The second-order valence-electron chi connectivity index (χ2n) is 3.78. The summed E-state index contributed by atoms with van der Waals surface area (Å²) < 4.78 is 10.6. The first-order chi connectivity index (χ1) is 9.19. The van der Waals surface area contributed by atoms with Crippen LogP contribution in [-0.4, -0.2) is 23.7 Å². The van der Waals surface area contributed by atoms with Crippen LogP contribution in [0, 0.1) is 0 Å². The summed E-state index contributed by atoms with van der Waals surface area (Å²) in [6, 6.07) is 7.62.